The van der Waals surface area contributed by atoms with Crippen LogP contribution in [0.25, 0.3) is 5.57 Å². The zero-order chi connectivity index (χ0) is 13.6. The van der Waals surface area contributed by atoms with Crippen molar-refractivity contribution in [3.05, 3.63) is 36.1 Å². The van der Waals surface area contributed by atoms with Gasteiger partial charge in [0.25, 0.3) is 0 Å². The summed E-state index contributed by atoms with van der Waals surface area (Å²) < 4.78 is 48.3. The van der Waals surface area contributed by atoms with E-state index < -0.39 is 11.7 Å². The predicted octanol–water partition coefficient (Wildman–Crippen LogP) is 4.03. The van der Waals surface area contributed by atoms with Crippen LogP contribution in [0.3, 0.4) is 0 Å². The number of allylic oxidation sites excluding steroid dienone is 1. The average molecular weight is 260 g/mol. The molecule has 0 saturated heterocycles. The van der Waals surface area contributed by atoms with Crippen molar-refractivity contribution in [2.45, 2.75) is 20.0 Å². The molecule has 0 aliphatic heterocycles. The Morgan fingerprint density at radius 1 is 1.11 bits per heavy atom. The second-order valence-electron chi connectivity index (χ2n) is 3.44. The molecular weight excluding hydrogens is 245 g/mol. The van der Waals surface area contributed by atoms with Crippen LogP contribution in [-0.4, -0.2) is 19.4 Å². The fraction of sp³-hybridized carbons (Fsp3) is 0.385. The molecule has 0 spiro atoms. The number of benzene rings is 1. The second kappa shape index (κ2) is 6.33. The predicted molar refractivity (Wildman–Crippen MR) is 63.3 cm³/mol. The van der Waals surface area contributed by atoms with Crippen molar-refractivity contribution in [2.75, 3.05) is 13.2 Å². The quantitative estimate of drug-likeness (QED) is 0.744. The molecule has 0 fully saturated rings. The van der Waals surface area contributed by atoms with Crippen molar-refractivity contribution in [1.29, 1.82) is 0 Å². The summed E-state index contributed by atoms with van der Waals surface area (Å²) >= 11 is 0. The molecular formula is C13H15F3O2. The van der Waals surface area contributed by atoms with E-state index in [0.29, 0.717) is 12.4 Å². The number of ether oxygens (including phenoxy) is 2. The van der Waals surface area contributed by atoms with Crippen LogP contribution < -0.4 is 4.74 Å². The minimum absolute atomic E-state index is 0.0550. The monoisotopic (exact) mass is 260 g/mol. The molecule has 0 unspecified atom stereocenters. The summed E-state index contributed by atoms with van der Waals surface area (Å²) in [5.41, 5.74) is -0.744. The molecule has 0 aliphatic carbocycles. The van der Waals surface area contributed by atoms with Crippen LogP contribution in [0.1, 0.15) is 19.4 Å². The molecule has 0 aromatic heterocycles. The van der Waals surface area contributed by atoms with Gasteiger partial charge in [0.1, 0.15) is 5.75 Å². The highest BCUT2D eigenvalue weighted by Gasteiger charge is 2.35. The first-order valence-electron chi connectivity index (χ1n) is 5.61. The third-order valence-electron chi connectivity index (χ3n) is 2.15. The Kier molecular flexibility index (Phi) is 5.07. The van der Waals surface area contributed by atoms with Gasteiger partial charge in [-0.25, -0.2) is 0 Å². The molecule has 2 nitrogen and oxygen atoms in total. The Bertz CT molecular complexity index is 394. The van der Waals surface area contributed by atoms with Gasteiger partial charge in [-0.1, -0.05) is 12.1 Å². The largest absolute Gasteiger partial charge is 0.501 e. The van der Waals surface area contributed by atoms with Crippen molar-refractivity contribution >= 4 is 5.57 Å². The van der Waals surface area contributed by atoms with Gasteiger partial charge in [-0.2, -0.15) is 13.2 Å². The fourth-order valence-corrected chi connectivity index (χ4v) is 1.36. The zero-order valence-electron chi connectivity index (χ0n) is 10.3. The number of halogens is 3. The van der Waals surface area contributed by atoms with Crippen molar-refractivity contribution in [2.24, 2.45) is 0 Å². The summed E-state index contributed by atoms with van der Waals surface area (Å²) in [7, 11) is 0. The van der Waals surface area contributed by atoms with Crippen molar-refractivity contribution < 1.29 is 22.6 Å². The van der Waals surface area contributed by atoms with E-state index in [2.05, 4.69) is 0 Å². The highest BCUT2D eigenvalue weighted by Crippen LogP contribution is 2.34. The summed E-state index contributed by atoms with van der Waals surface area (Å²) in [5.74, 6) is 0.541. The molecule has 5 heteroatoms. The molecule has 0 saturated carbocycles. The van der Waals surface area contributed by atoms with E-state index in [1.165, 1.54) is 24.3 Å². The number of rotatable bonds is 5. The third-order valence-corrected chi connectivity index (χ3v) is 2.15. The average Bonchev–Trinajstić information content (AvgIpc) is 2.30. The minimum Gasteiger partial charge on any atom is -0.501 e. The van der Waals surface area contributed by atoms with E-state index in [9.17, 15) is 13.2 Å². The van der Waals surface area contributed by atoms with Gasteiger partial charge in [0.05, 0.1) is 25.0 Å². The van der Waals surface area contributed by atoms with E-state index >= 15 is 0 Å². The maximum atomic E-state index is 12.8. The van der Waals surface area contributed by atoms with Gasteiger partial charge in [-0.3, -0.25) is 0 Å². The van der Waals surface area contributed by atoms with E-state index in [0.717, 1.165) is 6.26 Å². The lowest BCUT2D eigenvalue weighted by Gasteiger charge is -2.12. The van der Waals surface area contributed by atoms with Crippen LogP contribution in [0.4, 0.5) is 13.2 Å². The Hall–Kier alpha value is -1.65. The molecule has 0 N–H and O–H groups in total. The van der Waals surface area contributed by atoms with Gasteiger partial charge in [0.2, 0.25) is 0 Å². The maximum absolute atomic E-state index is 12.8. The lowest BCUT2D eigenvalue weighted by Crippen LogP contribution is -2.11. The van der Waals surface area contributed by atoms with Crippen LogP contribution in [0.15, 0.2) is 30.5 Å². The van der Waals surface area contributed by atoms with Crippen LogP contribution in [0.2, 0.25) is 0 Å². The van der Waals surface area contributed by atoms with Gasteiger partial charge < -0.3 is 9.47 Å². The Morgan fingerprint density at radius 3 is 2.17 bits per heavy atom. The third kappa shape index (κ3) is 3.98. The van der Waals surface area contributed by atoms with E-state index in [1.807, 2.05) is 6.92 Å². The van der Waals surface area contributed by atoms with Gasteiger partial charge in [-0.15, -0.1) is 0 Å². The molecule has 100 valence electrons. The van der Waals surface area contributed by atoms with Gasteiger partial charge in [0, 0.05) is 0 Å². The van der Waals surface area contributed by atoms with Crippen molar-refractivity contribution in [1.82, 2.24) is 0 Å². The minimum atomic E-state index is -4.44. The van der Waals surface area contributed by atoms with Crippen molar-refractivity contribution in [3.63, 3.8) is 0 Å². The Balaban J connectivity index is 2.99. The van der Waals surface area contributed by atoms with E-state index in [4.69, 9.17) is 9.47 Å². The summed E-state index contributed by atoms with van der Waals surface area (Å²) in [6, 6.07) is 5.74. The molecule has 1 aromatic carbocycles. The van der Waals surface area contributed by atoms with Gasteiger partial charge in [0.15, 0.2) is 0 Å². The first kappa shape index (κ1) is 14.4. The Morgan fingerprint density at radius 2 is 1.72 bits per heavy atom. The smallest absolute Gasteiger partial charge is 0.419 e. The van der Waals surface area contributed by atoms with E-state index in [-0.39, 0.29) is 12.2 Å². The fourth-order valence-electron chi connectivity index (χ4n) is 1.36. The highest BCUT2D eigenvalue weighted by atomic mass is 19.4. The molecule has 0 bridgehead atoms. The highest BCUT2D eigenvalue weighted by molar-refractivity contribution is 5.69. The van der Waals surface area contributed by atoms with Crippen LogP contribution in [0, 0.1) is 0 Å². The van der Waals surface area contributed by atoms with Gasteiger partial charge in [-0.05, 0) is 31.5 Å². The maximum Gasteiger partial charge on any atom is 0.419 e. The molecule has 0 amide bonds. The second-order valence-corrected chi connectivity index (χ2v) is 3.44. The normalized spacial score (nSPS) is 12.4. The number of alkyl halides is 3. The SMILES string of the molecule is CCO/C=C(\c1ccc(OCC)cc1)C(F)(F)F. The standard InChI is InChI=1S/C13H15F3O2/c1-3-17-9-12(13(14,15)16)10-5-7-11(8-6-10)18-4-2/h5-9H,3-4H2,1-2H3/b12-9+. The molecule has 0 atom stereocenters. The number of hydrogen-bond donors (Lipinski definition) is 0. The molecule has 1 rings (SSSR count). The van der Waals surface area contributed by atoms with Crippen LogP contribution in [0.5, 0.6) is 5.75 Å². The first-order chi connectivity index (χ1) is 8.49. The summed E-state index contributed by atoms with van der Waals surface area (Å²) in [6.45, 7) is 4.10. The molecule has 0 heterocycles. The molecule has 1 aromatic rings. The van der Waals surface area contributed by atoms with Crippen LogP contribution in [-0.2, 0) is 4.74 Å². The van der Waals surface area contributed by atoms with Crippen LogP contribution >= 0.6 is 0 Å². The lowest BCUT2D eigenvalue weighted by molar-refractivity contribution is -0.0703. The number of hydrogen-bond acceptors (Lipinski definition) is 2. The summed E-state index contributed by atoms with van der Waals surface area (Å²) in [5, 5.41) is 0. The molecule has 0 aliphatic rings. The molecule has 0 radical (unpaired) electrons. The topological polar surface area (TPSA) is 18.5 Å². The zero-order valence-corrected chi connectivity index (χ0v) is 10.3. The Labute approximate surface area is 104 Å². The van der Waals surface area contributed by atoms with Crippen molar-refractivity contribution in [3.8, 4) is 5.75 Å². The summed E-state index contributed by atoms with van der Waals surface area (Å²) in [6.07, 6.45) is -3.70. The van der Waals surface area contributed by atoms with Gasteiger partial charge >= 0.3 is 6.18 Å². The lowest BCUT2D eigenvalue weighted by atomic mass is 10.1. The summed E-state index contributed by atoms with van der Waals surface area (Å²) in [4.78, 5) is 0. The van der Waals surface area contributed by atoms with E-state index in [1.54, 1.807) is 6.92 Å². The first-order valence-corrected chi connectivity index (χ1v) is 5.61. The molecule has 18 heavy (non-hydrogen) atoms.